The maximum atomic E-state index is 13.8. The topological polar surface area (TPSA) is 77.4 Å². The molecule has 1 spiro atoms. The molecule has 7 nitrogen and oxygen atoms in total. The minimum absolute atomic E-state index is 0.0207. The molecular formula is C23H28FN5O2. The quantitative estimate of drug-likeness (QED) is 0.792. The molecule has 0 bridgehead atoms. The van der Waals surface area contributed by atoms with Crippen LogP contribution in [0.3, 0.4) is 0 Å². The highest BCUT2D eigenvalue weighted by molar-refractivity contribution is 5.88. The summed E-state index contributed by atoms with van der Waals surface area (Å²) in [6.45, 7) is 3.83. The Hall–Kier alpha value is -2.51. The van der Waals surface area contributed by atoms with Crippen molar-refractivity contribution < 1.29 is 14.0 Å². The van der Waals surface area contributed by atoms with Crippen molar-refractivity contribution in [1.29, 1.82) is 0 Å². The van der Waals surface area contributed by atoms with Crippen molar-refractivity contribution in [1.82, 2.24) is 9.80 Å². The molecule has 2 amide bonds. The molecule has 4 heterocycles. The molecule has 5 aliphatic rings. The first kappa shape index (κ1) is 19.2. The van der Waals surface area contributed by atoms with Gasteiger partial charge in [-0.3, -0.25) is 9.59 Å². The molecule has 6 rings (SSSR count). The number of hydrogen-bond acceptors (Lipinski definition) is 5. The number of halogens is 1. The van der Waals surface area contributed by atoms with Crippen molar-refractivity contribution in [2.45, 2.75) is 69.1 Å². The van der Waals surface area contributed by atoms with Gasteiger partial charge in [0.1, 0.15) is 11.9 Å². The van der Waals surface area contributed by atoms with Gasteiger partial charge in [0.15, 0.2) is 6.04 Å². The van der Waals surface area contributed by atoms with E-state index in [-0.39, 0.29) is 41.2 Å². The maximum Gasteiger partial charge on any atom is 0.250 e. The monoisotopic (exact) mass is 425 g/mol. The average molecular weight is 426 g/mol. The second kappa shape index (κ2) is 6.74. The van der Waals surface area contributed by atoms with Crippen LogP contribution < -0.4 is 5.32 Å². The summed E-state index contributed by atoms with van der Waals surface area (Å²) in [4.78, 5) is 30.6. The van der Waals surface area contributed by atoms with E-state index in [0.29, 0.717) is 25.2 Å². The fourth-order valence-corrected chi connectivity index (χ4v) is 6.19. The number of aryl methyl sites for hydroxylation is 1. The zero-order valence-electron chi connectivity index (χ0n) is 17.8. The summed E-state index contributed by atoms with van der Waals surface area (Å²) in [6.07, 6.45) is 5.70. The van der Waals surface area contributed by atoms with E-state index in [2.05, 4.69) is 20.4 Å². The lowest BCUT2D eigenvalue weighted by molar-refractivity contribution is -0.138. The lowest BCUT2D eigenvalue weighted by atomic mass is 9.86. The first-order valence-corrected chi connectivity index (χ1v) is 11.5. The highest BCUT2D eigenvalue weighted by Crippen LogP contribution is 2.50. The number of carbonyl (C=O) groups excluding carboxylic acids is 2. The van der Waals surface area contributed by atoms with E-state index in [9.17, 15) is 14.0 Å². The lowest BCUT2D eigenvalue weighted by Crippen LogP contribution is -2.54. The average Bonchev–Trinajstić information content (AvgIpc) is 3.08. The van der Waals surface area contributed by atoms with Crippen molar-refractivity contribution in [3.05, 3.63) is 29.1 Å². The molecule has 2 saturated heterocycles. The van der Waals surface area contributed by atoms with Crippen LogP contribution in [-0.2, 0) is 16.0 Å². The Morgan fingerprint density at radius 3 is 2.81 bits per heavy atom. The van der Waals surface area contributed by atoms with Gasteiger partial charge < -0.3 is 15.1 Å². The second-order valence-electron chi connectivity index (χ2n) is 9.95. The van der Waals surface area contributed by atoms with Gasteiger partial charge in [-0.2, -0.15) is 10.2 Å². The van der Waals surface area contributed by atoms with E-state index in [0.717, 1.165) is 49.8 Å². The zero-order chi connectivity index (χ0) is 21.3. The standard InChI is InChI=1S/C23H28FN5O2/c1-13-9-14(24)10-18-15(13)11-19(25-18)21(30)28-8-3-17-16(12-28)20(27-26-17)22(31)29-7-2-4-23(29)5-6-23/h9-10,16-17,19-20,25H,2-8,11-12H2,1H3. The smallest absolute Gasteiger partial charge is 0.250 e. The van der Waals surface area contributed by atoms with Gasteiger partial charge in [-0.15, -0.1) is 0 Å². The summed E-state index contributed by atoms with van der Waals surface area (Å²) in [5, 5.41) is 12.0. The van der Waals surface area contributed by atoms with E-state index in [1.165, 1.54) is 12.1 Å². The number of benzene rings is 1. The molecule has 31 heavy (non-hydrogen) atoms. The number of azo groups is 1. The van der Waals surface area contributed by atoms with Gasteiger partial charge in [-0.1, -0.05) is 0 Å². The number of hydrogen-bond donors (Lipinski definition) is 1. The summed E-state index contributed by atoms with van der Waals surface area (Å²) in [5.74, 6) is -0.196. The third-order valence-corrected chi connectivity index (χ3v) is 8.09. The molecule has 1 aromatic rings. The van der Waals surface area contributed by atoms with Crippen LogP contribution in [0.2, 0.25) is 0 Å². The van der Waals surface area contributed by atoms with E-state index in [1.54, 1.807) is 0 Å². The van der Waals surface area contributed by atoms with Crippen molar-refractivity contribution in [2.75, 3.05) is 25.0 Å². The number of likely N-dealkylation sites (tertiary alicyclic amines) is 2. The molecule has 4 aliphatic heterocycles. The molecule has 8 heteroatoms. The molecule has 1 aliphatic carbocycles. The number of amides is 2. The van der Waals surface area contributed by atoms with E-state index < -0.39 is 6.04 Å². The SMILES string of the molecule is Cc1cc(F)cc2c1CC(C(=O)N1CCC3N=NC(C(=O)N4CCCC45CC5)C3C1)N2. The fourth-order valence-electron chi connectivity index (χ4n) is 6.19. The Bertz CT molecular complexity index is 990. The van der Waals surface area contributed by atoms with Crippen LogP contribution in [-0.4, -0.2) is 64.9 Å². The largest absolute Gasteiger partial charge is 0.373 e. The Balaban J connectivity index is 1.16. The van der Waals surface area contributed by atoms with Gasteiger partial charge in [0.2, 0.25) is 11.8 Å². The van der Waals surface area contributed by atoms with E-state index >= 15 is 0 Å². The van der Waals surface area contributed by atoms with Gasteiger partial charge in [-0.25, -0.2) is 4.39 Å². The van der Waals surface area contributed by atoms with Gasteiger partial charge in [0.05, 0.1) is 6.04 Å². The molecule has 3 fully saturated rings. The molecule has 1 aromatic carbocycles. The third-order valence-electron chi connectivity index (χ3n) is 8.09. The van der Waals surface area contributed by atoms with Gasteiger partial charge in [-0.05, 0) is 62.3 Å². The first-order chi connectivity index (χ1) is 14.9. The summed E-state index contributed by atoms with van der Waals surface area (Å²) in [5.41, 5.74) is 2.70. The Morgan fingerprint density at radius 1 is 1.16 bits per heavy atom. The third kappa shape index (κ3) is 2.97. The number of piperidine rings is 1. The summed E-state index contributed by atoms with van der Waals surface area (Å²) < 4.78 is 13.8. The molecule has 1 N–H and O–H groups in total. The van der Waals surface area contributed by atoms with Crippen molar-refractivity contribution in [3.8, 4) is 0 Å². The molecule has 0 radical (unpaired) electrons. The zero-order valence-corrected chi connectivity index (χ0v) is 17.8. The number of nitrogens with zero attached hydrogens (tertiary/aromatic N) is 4. The molecule has 4 unspecified atom stereocenters. The maximum absolute atomic E-state index is 13.8. The Morgan fingerprint density at radius 2 is 2.00 bits per heavy atom. The summed E-state index contributed by atoms with van der Waals surface area (Å²) in [7, 11) is 0. The van der Waals surface area contributed by atoms with E-state index in [4.69, 9.17) is 0 Å². The number of rotatable bonds is 2. The van der Waals surface area contributed by atoms with Gasteiger partial charge in [0.25, 0.3) is 0 Å². The Labute approximate surface area is 181 Å². The fraction of sp³-hybridized carbons (Fsp3) is 0.652. The molecular weight excluding hydrogens is 397 g/mol. The highest BCUT2D eigenvalue weighted by Gasteiger charge is 2.56. The minimum Gasteiger partial charge on any atom is -0.373 e. The first-order valence-electron chi connectivity index (χ1n) is 11.5. The normalized spacial score (nSPS) is 32.2. The van der Waals surface area contributed by atoms with Crippen molar-refractivity contribution in [2.24, 2.45) is 16.1 Å². The predicted molar refractivity (Wildman–Crippen MR) is 112 cm³/mol. The number of anilines is 1. The van der Waals surface area contributed by atoms with Crippen molar-refractivity contribution in [3.63, 3.8) is 0 Å². The number of fused-ring (bicyclic) bond motifs is 2. The van der Waals surface area contributed by atoms with Crippen molar-refractivity contribution >= 4 is 17.5 Å². The van der Waals surface area contributed by atoms with Crippen LogP contribution in [0.4, 0.5) is 10.1 Å². The summed E-state index contributed by atoms with van der Waals surface area (Å²) >= 11 is 0. The molecule has 4 atom stereocenters. The minimum atomic E-state index is -0.457. The number of carbonyl (C=O) groups is 2. The second-order valence-corrected chi connectivity index (χ2v) is 9.95. The van der Waals surface area contributed by atoms with Crippen LogP contribution in [0.5, 0.6) is 0 Å². The van der Waals surface area contributed by atoms with Gasteiger partial charge in [0, 0.05) is 43.2 Å². The Kier molecular flexibility index (Phi) is 4.17. The number of nitrogens with one attached hydrogen (secondary N) is 1. The summed E-state index contributed by atoms with van der Waals surface area (Å²) in [6, 6.07) is 2.17. The van der Waals surface area contributed by atoms with E-state index in [1.807, 2.05) is 11.8 Å². The molecule has 0 aromatic heterocycles. The van der Waals surface area contributed by atoms with Crippen LogP contribution >= 0.6 is 0 Å². The predicted octanol–water partition coefficient (Wildman–Crippen LogP) is 2.68. The highest BCUT2D eigenvalue weighted by atomic mass is 19.1. The van der Waals surface area contributed by atoms with Crippen LogP contribution in [0.15, 0.2) is 22.4 Å². The van der Waals surface area contributed by atoms with Crippen LogP contribution in [0.1, 0.15) is 43.2 Å². The van der Waals surface area contributed by atoms with Crippen LogP contribution in [0.25, 0.3) is 0 Å². The molecule has 164 valence electrons. The molecule has 1 saturated carbocycles. The van der Waals surface area contributed by atoms with Crippen LogP contribution in [0, 0.1) is 18.7 Å². The van der Waals surface area contributed by atoms with Gasteiger partial charge >= 0.3 is 0 Å². The lowest BCUT2D eigenvalue weighted by Gasteiger charge is -2.37.